The monoisotopic (exact) mass is 391 g/mol. The molecule has 6 nitrogen and oxygen atoms in total. The lowest BCUT2D eigenvalue weighted by atomic mass is 10.1. The van der Waals surface area contributed by atoms with Gasteiger partial charge in [0.1, 0.15) is 11.3 Å². The quantitative estimate of drug-likeness (QED) is 0.672. The molecular weight excluding hydrogens is 366 g/mol. The molecule has 0 atom stereocenters. The second-order valence-corrected chi connectivity index (χ2v) is 6.80. The number of methoxy groups -OCH3 is 1. The highest BCUT2D eigenvalue weighted by Gasteiger charge is 2.19. The Kier molecular flexibility index (Phi) is 6.44. The number of nitrogens with one attached hydrogen (secondary N) is 1. The molecule has 29 heavy (non-hydrogen) atoms. The molecule has 0 bridgehead atoms. The van der Waals surface area contributed by atoms with E-state index in [0.717, 1.165) is 28.3 Å². The van der Waals surface area contributed by atoms with Crippen LogP contribution in [-0.4, -0.2) is 22.6 Å². The van der Waals surface area contributed by atoms with E-state index in [1.165, 1.54) is 6.07 Å². The molecule has 3 aromatic rings. The summed E-state index contributed by atoms with van der Waals surface area (Å²) in [7, 11) is 1.63. The first-order valence-electron chi connectivity index (χ1n) is 9.56. The Morgan fingerprint density at radius 3 is 2.41 bits per heavy atom. The van der Waals surface area contributed by atoms with Crippen LogP contribution in [0.2, 0.25) is 0 Å². The molecule has 0 saturated carbocycles. The smallest absolute Gasteiger partial charge is 0.257 e. The molecule has 1 aromatic carbocycles. The largest absolute Gasteiger partial charge is 0.497 e. The number of ether oxygens (including phenoxy) is 1. The topological polar surface area (TPSA) is 73.2 Å². The van der Waals surface area contributed by atoms with Gasteiger partial charge >= 0.3 is 0 Å². The number of benzene rings is 1. The van der Waals surface area contributed by atoms with Crippen molar-refractivity contribution in [3.63, 3.8) is 0 Å². The van der Waals surface area contributed by atoms with Crippen LogP contribution in [-0.2, 0) is 19.5 Å². The summed E-state index contributed by atoms with van der Waals surface area (Å²) in [5.41, 5.74) is 3.51. The van der Waals surface area contributed by atoms with Gasteiger partial charge in [-0.05, 0) is 48.7 Å². The van der Waals surface area contributed by atoms with E-state index in [-0.39, 0.29) is 16.9 Å². The van der Waals surface area contributed by atoms with Gasteiger partial charge in [-0.15, -0.1) is 0 Å². The fourth-order valence-electron chi connectivity index (χ4n) is 3.35. The molecule has 0 radical (unpaired) electrons. The number of carbonyl (C=O) groups excluding carboxylic acids is 1. The highest BCUT2D eigenvalue weighted by Crippen LogP contribution is 2.16. The SMILES string of the molecule is CCc1c(C(=O)NCc2ccncc2)c(=O)cc(C)n1Cc1ccc(OC)cc1. The zero-order chi connectivity index (χ0) is 20.8. The molecule has 0 aliphatic heterocycles. The predicted octanol–water partition coefficient (Wildman–Crippen LogP) is 3.10. The fourth-order valence-corrected chi connectivity index (χ4v) is 3.35. The first-order chi connectivity index (χ1) is 14.0. The number of pyridine rings is 2. The Morgan fingerprint density at radius 1 is 1.10 bits per heavy atom. The van der Waals surface area contributed by atoms with Crippen LogP contribution in [0.25, 0.3) is 0 Å². The minimum absolute atomic E-state index is 0.209. The van der Waals surface area contributed by atoms with Gasteiger partial charge in [0.15, 0.2) is 5.43 Å². The lowest BCUT2D eigenvalue weighted by Crippen LogP contribution is -2.32. The Labute approximate surface area is 170 Å². The van der Waals surface area contributed by atoms with Crippen LogP contribution in [0.15, 0.2) is 59.7 Å². The van der Waals surface area contributed by atoms with Crippen LogP contribution >= 0.6 is 0 Å². The summed E-state index contributed by atoms with van der Waals surface area (Å²) in [5, 5.41) is 2.86. The summed E-state index contributed by atoms with van der Waals surface area (Å²) in [5.74, 6) is 0.435. The maximum absolute atomic E-state index is 12.9. The third-order valence-electron chi connectivity index (χ3n) is 4.89. The number of aryl methyl sites for hydroxylation is 1. The fraction of sp³-hybridized carbons (Fsp3) is 0.261. The van der Waals surface area contributed by atoms with Crippen LogP contribution < -0.4 is 15.5 Å². The normalized spacial score (nSPS) is 10.6. The van der Waals surface area contributed by atoms with Crippen molar-refractivity contribution in [2.24, 2.45) is 0 Å². The molecule has 1 amide bonds. The van der Waals surface area contributed by atoms with E-state index in [2.05, 4.69) is 10.3 Å². The van der Waals surface area contributed by atoms with Gasteiger partial charge in [-0.3, -0.25) is 14.6 Å². The van der Waals surface area contributed by atoms with E-state index in [1.54, 1.807) is 19.5 Å². The van der Waals surface area contributed by atoms with E-state index in [1.807, 2.05) is 54.8 Å². The Morgan fingerprint density at radius 2 is 1.79 bits per heavy atom. The van der Waals surface area contributed by atoms with Crippen molar-refractivity contribution in [2.75, 3.05) is 7.11 Å². The number of nitrogens with zero attached hydrogens (tertiary/aromatic N) is 2. The van der Waals surface area contributed by atoms with Crippen molar-refractivity contribution in [2.45, 2.75) is 33.4 Å². The van der Waals surface area contributed by atoms with E-state index in [9.17, 15) is 9.59 Å². The van der Waals surface area contributed by atoms with Gasteiger partial charge in [0.2, 0.25) is 0 Å². The molecule has 0 unspecified atom stereocenters. The molecule has 0 saturated heterocycles. The highest BCUT2D eigenvalue weighted by molar-refractivity contribution is 5.95. The van der Waals surface area contributed by atoms with Crippen LogP contribution in [0.4, 0.5) is 0 Å². The molecule has 150 valence electrons. The summed E-state index contributed by atoms with van der Waals surface area (Å²) in [6.45, 7) is 4.77. The summed E-state index contributed by atoms with van der Waals surface area (Å²) in [6, 6.07) is 13.0. The lowest BCUT2D eigenvalue weighted by molar-refractivity contribution is 0.0948. The average Bonchev–Trinajstić information content (AvgIpc) is 2.74. The van der Waals surface area contributed by atoms with Crippen LogP contribution in [0.1, 0.15) is 39.8 Å². The number of aromatic nitrogens is 2. The summed E-state index contributed by atoms with van der Waals surface area (Å²) in [6.07, 6.45) is 3.92. The molecular formula is C23H25N3O3. The third kappa shape index (κ3) is 4.71. The molecule has 0 aliphatic rings. The Hall–Kier alpha value is -3.41. The van der Waals surface area contributed by atoms with E-state index < -0.39 is 0 Å². The third-order valence-corrected chi connectivity index (χ3v) is 4.89. The highest BCUT2D eigenvalue weighted by atomic mass is 16.5. The van der Waals surface area contributed by atoms with Gasteiger partial charge in [0, 0.05) is 42.9 Å². The van der Waals surface area contributed by atoms with Crippen LogP contribution in [0.3, 0.4) is 0 Å². The van der Waals surface area contributed by atoms with Gasteiger partial charge in [0.25, 0.3) is 5.91 Å². The van der Waals surface area contributed by atoms with Crippen molar-refractivity contribution < 1.29 is 9.53 Å². The number of hydrogen-bond acceptors (Lipinski definition) is 4. The maximum atomic E-state index is 12.9. The number of hydrogen-bond donors (Lipinski definition) is 1. The van der Waals surface area contributed by atoms with Crippen LogP contribution in [0.5, 0.6) is 5.75 Å². The molecule has 0 fully saturated rings. The van der Waals surface area contributed by atoms with Crippen molar-refractivity contribution >= 4 is 5.91 Å². The van der Waals surface area contributed by atoms with Gasteiger partial charge in [-0.25, -0.2) is 0 Å². The van der Waals surface area contributed by atoms with Gasteiger partial charge in [-0.1, -0.05) is 19.1 Å². The maximum Gasteiger partial charge on any atom is 0.257 e. The zero-order valence-corrected chi connectivity index (χ0v) is 16.9. The molecule has 1 N–H and O–H groups in total. The van der Waals surface area contributed by atoms with Crippen molar-refractivity contribution in [3.05, 3.63) is 93.2 Å². The van der Waals surface area contributed by atoms with E-state index >= 15 is 0 Å². The second kappa shape index (κ2) is 9.19. The number of rotatable bonds is 7. The minimum Gasteiger partial charge on any atom is -0.497 e. The predicted molar refractivity (Wildman–Crippen MR) is 112 cm³/mol. The molecule has 6 heteroatoms. The first-order valence-corrected chi connectivity index (χ1v) is 9.56. The summed E-state index contributed by atoms with van der Waals surface area (Å²) < 4.78 is 7.25. The standard InChI is InChI=1S/C23H25N3O3/c1-4-20-22(23(28)25-14-17-9-11-24-12-10-17)21(27)13-16(2)26(20)15-18-5-7-19(29-3)8-6-18/h5-13H,4,14-15H2,1-3H3,(H,25,28). The summed E-state index contributed by atoms with van der Waals surface area (Å²) >= 11 is 0. The summed E-state index contributed by atoms with van der Waals surface area (Å²) in [4.78, 5) is 29.5. The van der Waals surface area contributed by atoms with Gasteiger partial charge in [0.05, 0.1) is 7.11 Å². The first kappa shape index (κ1) is 20.3. The lowest BCUT2D eigenvalue weighted by Gasteiger charge is -2.19. The average molecular weight is 391 g/mol. The molecule has 2 aromatic heterocycles. The molecule has 3 rings (SSSR count). The van der Waals surface area contributed by atoms with Crippen molar-refractivity contribution in [1.82, 2.24) is 14.9 Å². The Bertz CT molecular complexity index is 1040. The molecule has 0 aliphatic carbocycles. The number of amides is 1. The van der Waals surface area contributed by atoms with E-state index in [0.29, 0.717) is 19.5 Å². The minimum atomic E-state index is -0.354. The van der Waals surface area contributed by atoms with E-state index in [4.69, 9.17) is 4.74 Å². The van der Waals surface area contributed by atoms with Crippen LogP contribution in [0, 0.1) is 6.92 Å². The Balaban J connectivity index is 1.91. The second-order valence-electron chi connectivity index (χ2n) is 6.80. The van der Waals surface area contributed by atoms with Gasteiger partial charge < -0.3 is 14.6 Å². The molecule has 0 spiro atoms. The zero-order valence-electron chi connectivity index (χ0n) is 16.9. The van der Waals surface area contributed by atoms with Crippen molar-refractivity contribution in [3.8, 4) is 5.75 Å². The number of carbonyl (C=O) groups is 1. The van der Waals surface area contributed by atoms with Gasteiger partial charge in [-0.2, -0.15) is 0 Å². The van der Waals surface area contributed by atoms with Crippen molar-refractivity contribution in [1.29, 1.82) is 0 Å². The molecule has 2 heterocycles.